The fourth-order valence-corrected chi connectivity index (χ4v) is 2.88. The van der Waals surface area contributed by atoms with Crippen LogP contribution in [-0.4, -0.2) is 65.1 Å². The van der Waals surface area contributed by atoms with Gasteiger partial charge in [-0.2, -0.15) is 15.0 Å². The molecule has 8 heteroatoms. The molecule has 2 atom stereocenters. The van der Waals surface area contributed by atoms with Gasteiger partial charge in [0.25, 0.3) is 0 Å². The van der Waals surface area contributed by atoms with Crippen molar-refractivity contribution in [3.63, 3.8) is 0 Å². The van der Waals surface area contributed by atoms with Gasteiger partial charge in [-0.3, -0.25) is 0 Å². The molecule has 0 aromatic carbocycles. The molecule has 2 fully saturated rings. The van der Waals surface area contributed by atoms with Gasteiger partial charge in [-0.1, -0.05) is 0 Å². The summed E-state index contributed by atoms with van der Waals surface area (Å²) >= 11 is 0. The van der Waals surface area contributed by atoms with Crippen LogP contribution in [-0.2, 0) is 4.74 Å². The van der Waals surface area contributed by atoms with Crippen molar-refractivity contribution in [1.82, 2.24) is 15.0 Å². The van der Waals surface area contributed by atoms with Crippen LogP contribution in [0.5, 0.6) is 0 Å². The van der Waals surface area contributed by atoms with Crippen molar-refractivity contribution in [2.75, 3.05) is 48.3 Å². The van der Waals surface area contributed by atoms with Gasteiger partial charge in [0.1, 0.15) is 0 Å². The Balaban J connectivity index is 1.83. The van der Waals surface area contributed by atoms with Crippen LogP contribution in [0.25, 0.3) is 0 Å². The molecule has 0 spiro atoms. The summed E-state index contributed by atoms with van der Waals surface area (Å²) in [5, 5.41) is 9.32. The normalized spacial score (nSPS) is 26.4. The van der Waals surface area contributed by atoms with E-state index < -0.39 is 0 Å². The van der Waals surface area contributed by atoms with E-state index in [1.807, 2.05) is 11.8 Å². The Labute approximate surface area is 123 Å². The number of nitrogen functional groups attached to an aromatic ring is 1. The van der Waals surface area contributed by atoms with Crippen LogP contribution in [0.2, 0.25) is 0 Å². The van der Waals surface area contributed by atoms with Crippen molar-refractivity contribution in [3.05, 3.63) is 0 Å². The molecule has 1 aromatic heterocycles. The first-order chi connectivity index (χ1) is 10.2. The highest BCUT2D eigenvalue weighted by Gasteiger charge is 2.27. The van der Waals surface area contributed by atoms with Gasteiger partial charge in [-0.25, -0.2) is 0 Å². The molecule has 0 amide bonds. The van der Waals surface area contributed by atoms with E-state index in [0.29, 0.717) is 25.0 Å². The van der Waals surface area contributed by atoms with Crippen molar-refractivity contribution in [1.29, 1.82) is 0 Å². The van der Waals surface area contributed by atoms with Gasteiger partial charge < -0.3 is 25.4 Å². The molecule has 0 saturated carbocycles. The van der Waals surface area contributed by atoms with E-state index in [2.05, 4.69) is 19.9 Å². The molecule has 1 aromatic rings. The SMILES string of the molecule is CC1CN(c2nc(N)nc(N3CCCC3)n2)CC(CO)O1. The summed E-state index contributed by atoms with van der Waals surface area (Å²) in [6.07, 6.45) is 2.11. The molecule has 0 aliphatic carbocycles. The predicted molar refractivity (Wildman–Crippen MR) is 79.3 cm³/mol. The van der Waals surface area contributed by atoms with Gasteiger partial charge in [0.2, 0.25) is 17.8 Å². The van der Waals surface area contributed by atoms with Gasteiger partial charge in [0.15, 0.2) is 0 Å². The Morgan fingerprint density at radius 1 is 1.14 bits per heavy atom. The van der Waals surface area contributed by atoms with Crippen LogP contribution in [0.3, 0.4) is 0 Å². The number of aliphatic hydroxyl groups is 1. The monoisotopic (exact) mass is 294 g/mol. The maximum Gasteiger partial charge on any atom is 0.232 e. The summed E-state index contributed by atoms with van der Waals surface area (Å²) in [6.45, 7) is 5.12. The minimum atomic E-state index is -0.220. The van der Waals surface area contributed by atoms with Crippen LogP contribution in [0.15, 0.2) is 0 Å². The maximum atomic E-state index is 9.32. The van der Waals surface area contributed by atoms with Crippen LogP contribution in [0, 0.1) is 0 Å². The Morgan fingerprint density at radius 3 is 2.48 bits per heavy atom. The average molecular weight is 294 g/mol. The van der Waals surface area contributed by atoms with Gasteiger partial charge in [-0.05, 0) is 19.8 Å². The molecule has 2 aliphatic heterocycles. The third-order valence-electron chi connectivity index (χ3n) is 3.83. The third kappa shape index (κ3) is 3.16. The minimum Gasteiger partial charge on any atom is -0.394 e. The number of morpholine rings is 1. The number of ether oxygens (including phenoxy) is 1. The second-order valence-corrected chi connectivity index (χ2v) is 5.64. The summed E-state index contributed by atoms with van der Waals surface area (Å²) in [5.41, 5.74) is 5.84. The lowest BCUT2D eigenvalue weighted by Gasteiger charge is -2.36. The number of nitrogens with two attached hydrogens (primary N) is 1. The van der Waals surface area contributed by atoms with Crippen molar-refractivity contribution >= 4 is 17.8 Å². The highest BCUT2D eigenvalue weighted by Crippen LogP contribution is 2.22. The maximum absolute atomic E-state index is 9.32. The summed E-state index contributed by atoms with van der Waals surface area (Å²) in [5.74, 6) is 1.45. The van der Waals surface area contributed by atoms with E-state index in [9.17, 15) is 5.11 Å². The second kappa shape index (κ2) is 5.98. The van der Waals surface area contributed by atoms with Gasteiger partial charge in [0, 0.05) is 26.2 Å². The lowest BCUT2D eigenvalue weighted by Crippen LogP contribution is -2.48. The molecular formula is C13H22N6O2. The lowest BCUT2D eigenvalue weighted by molar-refractivity contribution is -0.0425. The highest BCUT2D eigenvalue weighted by molar-refractivity contribution is 5.44. The fraction of sp³-hybridized carbons (Fsp3) is 0.769. The molecule has 116 valence electrons. The largest absolute Gasteiger partial charge is 0.394 e. The van der Waals surface area contributed by atoms with Crippen LogP contribution >= 0.6 is 0 Å². The van der Waals surface area contributed by atoms with E-state index in [0.717, 1.165) is 25.9 Å². The first-order valence-electron chi connectivity index (χ1n) is 7.43. The Kier molecular flexibility index (Phi) is 4.07. The highest BCUT2D eigenvalue weighted by atomic mass is 16.5. The zero-order valence-corrected chi connectivity index (χ0v) is 12.3. The van der Waals surface area contributed by atoms with Gasteiger partial charge >= 0.3 is 0 Å². The Hall–Kier alpha value is -1.67. The lowest BCUT2D eigenvalue weighted by atomic mass is 10.2. The Bertz CT molecular complexity index is 494. The zero-order chi connectivity index (χ0) is 14.8. The van der Waals surface area contributed by atoms with Crippen LogP contribution < -0.4 is 15.5 Å². The molecule has 8 nitrogen and oxygen atoms in total. The summed E-state index contributed by atoms with van der Waals surface area (Å²) in [6, 6.07) is 0. The summed E-state index contributed by atoms with van der Waals surface area (Å²) < 4.78 is 5.64. The summed E-state index contributed by atoms with van der Waals surface area (Å²) in [7, 11) is 0. The molecule has 3 heterocycles. The molecule has 3 rings (SSSR count). The first-order valence-corrected chi connectivity index (χ1v) is 7.43. The second-order valence-electron chi connectivity index (χ2n) is 5.64. The summed E-state index contributed by atoms with van der Waals surface area (Å²) in [4.78, 5) is 17.2. The third-order valence-corrected chi connectivity index (χ3v) is 3.83. The van der Waals surface area contributed by atoms with Crippen molar-refractivity contribution in [3.8, 4) is 0 Å². The minimum absolute atomic E-state index is 0.0135. The Morgan fingerprint density at radius 2 is 1.81 bits per heavy atom. The topological polar surface area (TPSA) is 101 Å². The number of hydrogen-bond acceptors (Lipinski definition) is 8. The molecule has 21 heavy (non-hydrogen) atoms. The number of hydrogen-bond donors (Lipinski definition) is 2. The predicted octanol–water partition coefficient (Wildman–Crippen LogP) is -0.360. The fourth-order valence-electron chi connectivity index (χ4n) is 2.88. The first kappa shape index (κ1) is 14.3. The number of rotatable bonds is 3. The van der Waals surface area contributed by atoms with E-state index in [-0.39, 0.29) is 24.8 Å². The van der Waals surface area contributed by atoms with E-state index in [1.54, 1.807) is 0 Å². The molecule has 2 aliphatic rings. The molecule has 0 radical (unpaired) electrons. The molecule has 0 bridgehead atoms. The van der Waals surface area contributed by atoms with Gasteiger partial charge in [0.05, 0.1) is 18.8 Å². The van der Waals surface area contributed by atoms with Crippen molar-refractivity contribution in [2.45, 2.75) is 32.0 Å². The van der Waals surface area contributed by atoms with Crippen LogP contribution in [0.4, 0.5) is 17.8 Å². The van der Waals surface area contributed by atoms with Crippen molar-refractivity contribution < 1.29 is 9.84 Å². The van der Waals surface area contributed by atoms with Gasteiger partial charge in [-0.15, -0.1) is 0 Å². The van der Waals surface area contributed by atoms with E-state index in [1.165, 1.54) is 0 Å². The molecule has 3 N–H and O–H groups in total. The van der Waals surface area contributed by atoms with E-state index in [4.69, 9.17) is 10.5 Å². The molecule has 2 saturated heterocycles. The number of aliphatic hydroxyl groups excluding tert-OH is 1. The van der Waals surface area contributed by atoms with Crippen LogP contribution in [0.1, 0.15) is 19.8 Å². The smallest absolute Gasteiger partial charge is 0.232 e. The molecule has 2 unspecified atom stereocenters. The number of aromatic nitrogens is 3. The quantitative estimate of drug-likeness (QED) is 0.779. The zero-order valence-electron chi connectivity index (χ0n) is 12.3. The number of nitrogens with zero attached hydrogens (tertiary/aromatic N) is 5. The number of anilines is 3. The average Bonchev–Trinajstić information content (AvgIpc) is 3.00. The molecular weight excluding hydrogens is 272 g/mol. The van der Waals surface area contributed by atoms with E-state index >= 15 is 0 Å². The van der Waals surface area contributed by atoms with Crippen molar-refractivity contribution in [2.24, 2.45) is 0 Å². The standard InChI is InChI=1S/C13H22N6O2/c1-9-6-19(7-10(8-20)21-9)13-16-11(14)15-12(17-13)18-4-2-3-5-18/h9-10,20H,2-8H2,1H3,(H2,14,15,16,17).